The van der Waals surface area contributed by atoms with Gasteiger partial charge in [-0.3, -0.25) is 0 Å². The first kappa shape index (κ1) is 13.9. The van der Waals surface area contributed by atoms with Gasteiger partial charge in [-0.25, -0.2) is 8.42 Å². The zero-order chi connectivity index (χ0) is 12.2. The van der Waals surface area contributed by atoms with Crippen LogP contribution in [0.4, 0.5) is 0 Å². The molecule has 0 amide bonds. The summed E-state index contributed by atoms with van der Waals surface area (Å²) in [7, 11) is -2.93. The van der Waals surface area contributed by atoms with Crippen LogP contribution in [-0.4, -0.2) is 43.7 Å². The number of hydrogen-bond donors (Lipinski definition) is 2. The van der Waals surface area contributed by atoms with Gasteiger partial charge in [0.05, 0.1) is 17.1 Å². The highest BCUT2D eigenvalue weighted by molar-refractivity contribution is 7.92. The van der Waals surface area contributed by atoms with Gasteiger partial charge in [-0.15, -0.1) is 0 Å². The SMILES string of the molecule is CC(C)S(=O)(=O)CCNCC1CCCC1O. The standard InChI is InChI=1S/C11H23NO3S/c1-9(2)16(14,15)7-6-12-8-10-4-3-5-11(10)13/h9-13H,3-8H2,1-2H3. The van der Waals surface area contributed by atoms with Gasteiger partial charge in [0.2, 0.25) is 0 Å². The van der Waals surface area contributed by atoms with Gasteiger partial charge in [0.25, 0.3) is 0 Å². The molecule has 2 N–H and O–H groups in total. The molecule has 2 atom stereocenters. The Morgan fingerprint density at radius 1 is 1.38 bits per heavy atom. The molecule has 0 aliphatic heterocycles. The van der Waals surface area contributed by atoms with E-state index >= 15 is 0 Å². The maximum atomic E-state index is 11.5. The summed E-state index contributed by atoms with van der Waals surface area (Å²) in [5.74, 6) is 0.495. The van der Waals surface area contributed by atoms with Gasteiger partial charge in [0.15, 0.2) is 9.84 Å². The monoisotopic (exact) mass is 249 g/mol. The van der Waals surface area contributed by atoms with Gasteiger partial charge in [0.1, 0.15) is 0 Å². The predicted molar refractivity (Wildman–Crippen MR) is 65.1 cm³/mol. The summed E-state index contributed by atoms with van der Waals surface area (Å²) in [4.78, 5) is 0. The van der Waals surface area contributed by atoms with Crippen molar-refractivity contribution < 1.29 is 13.5 Å². The van der Waals surface area contributed by atoms with Crippen molar-refractivity contribution in [2.45, 2.75) is 44.5 Å². The molecule has 0 aromatic carbocycles. The first-order valence-electron chi connectivity index (χ1n) is 6.04. The summed E-state index contributed by atoms with van der Waals surface area (Å²) in [6.45, 7) is 4.63. The highest BCUT2D eigenvalue weighted by Crippen LogP contribution is 2.24. The van der Waals surface area contributed by atoms with E-state index in [1.165, 1.54) is 0 Å². The van der Waals surface area contributed by atoms with Crippen LogP contribution < -0.4 is 5.32 Å². The van der Waals surface area contributed by atoms with Crippen LogP contribution in [0, 0.1) is 5.92 Å². The Morgan fingerprint density at radius 3 is 2.56 bits per heavy atom. The molecule has 0 heterocycles. The zero-order valence-electron chi connectivity index (χ0n) is 10.1. The third-order valence-electron chi connectivity index (χ3n) is 3.31. The summed E-state index contributed by atoms with van der Waals surface area (Å²) < 4.78 is 23.0. The Morgan fingerprint density at radius 2 is 2.06 bits per heavy atom. The van der Waals surface area contributed by atoms with Crippen LogP contribution in [0.15, 0.2) is 0 Å². The molecule has 1 aliphatic carbocycles. The molecule has 4 nitrogen and oxygen atoms in total. The first-order valence-corrected chi connectivity index (χ1v) is 7.75. The molecule has 16 heavy (non-hydrogen) atoms. The largest absolute Gasteiger partial charge is 0.393 e. The minimum Gasteiger partial charge on any atom is -0.393 e. The van der Waals surface area contributed by atoms with Gasteiger partial charge < -0.3 is 10.4 Å². The fraction of sp³-hybridized carbons (Fsp3) is 1.00. The summed E-state index contributed by atoms with van der Waals surface area (Å²) in [6, 6.07) is 0. The highest BCUT2D eigenvalue weighted by atomic mass is 32.2. The summed E-state index contributed by atoms with van der Waals surface area (Å²) >= 11 is 0. The van der Waals surface area contributed by atoms with Gasteiger partial charge in [-0.05, 0) is 32.6 Å². The zero-order valence-corrected chi connectivity index (χ0v) is 11.0. The molecule has 1 aliphatic rings. The quantitative estimate of drug-likeness (QED) is 0.675. The maximum absolute atomic E-state index is 11.5. The van der Waals surface area contributed by atoms with E-state index in [1.807, 2.05) is 0 Å². The highest BCUT2D eigenvalue weighted by Gasteiger charge is 2.24. The van der Waals surface area contributed by atoms with Crippen LogP contribution in [0.3, 0.4) is 0 Å². The van der Waals surface area contributed by atoms with E-state index in [2.05, 4.69) is 5.32 Å². The second kappa shape index (κ2) is 5.98. The number of aliphatic hydroxyl groups excluding tert-OH is 1. The van der Waals surface area contributed by atoms with E-state index in [0.29, 0.717) is 12.5 Å². The Labute approximate surface area is 98.4 Å². The topological polar surface area (TPSA) is 66.4 Å². The van der Waals surface area contributed by atoms with Crippen LogP contribution in [0.2, 0.25) is 0 Å². The van der Waals surface area contributed by atoms with E-state index in [4.69, 9.17) is 0 Å². The molecular weight excluding hydrogens is 226 g/mol. The molecule has 0 bridgehead atoms. The Balaban J connectivity index is 2.17. The third-order valence-corrected chi connectivity index (χ3v) is 5.52. The van der Waals surface area contributed by atoms with Gasteiger partial charge in [-0.1, -0.05) is 6.42 Å². The molecule has 0 saturated heterocycles. The minimum absolute atomic E-state index is 0.188. The van der Waals surface area contributed by atoms with E-state index in [-0.39, 0.29) is 17.1 Å². The van der Waals surface area contributed by atoms with E-state index < -0.39 is 9.84 Å². The Kier molecular flexibility index (Phi) is 5.21. The van der Waals surface area contributed by atoms with E-state index in [9.17, 15) is 13.5 Å². The normalized spacial score (nSPS) is 26.5. The van der Waals surface area contributed by atoms with Crippen LogP contribution in [-0.2, 0) is 9.84 Å². The molecule has 0 aromatic heterocycles. The molecule has 96 valence electrons. The molecule has 5 heteroatoms. The molecule has 1 fully saturated rings. The summed E-state index contributed by atoms with van der Waals surface area (Å²) in [5, 5.41) is 12.4. The molecule has 1 saturated carbocycles. The molecule has 1 rings (SSSR count). The summed E-state index contributed by atoms with van der Waals surface area (Å²) in [5.41, 5.74) is 0. The first-order chi connectivity index (χ1) is 7.43. The smallest absolute Gasteiger partial charge is 0.153 e. The third kappa shape index (κ3) is 4.03. The van der Waals surface area contributed by atoms with Gasteiger partial charge in [0, 0.05) is 13.1 Å². The van der Waals surface area contributed by atoms with Crippen LogP contribution in [0.1, 0.15) is 33.1 Å². The number of nitrogens with one attached hydrogen (secondary N) is 1. The lowest BCUT2D eigenvalue weighted by molar-refractivity contribution is 0.132. The molecule has 0 aromatic rings. The second-order valence-electron chi connectivity index (χ2n) is 4.88. The molecular formula is C11H23NO3S. The van der Waals surface area contributed by atoms with Gasteiger partial charge in [-0.2, -0.15) is 0 Å². The molecule has 2 unspecified atom stereocenters. The van der Waals surface area contributed by atoms with Crippen molar-refractivity contribution in [1.29, 1.82) is 0 Å². The van der Waals surface area contributed by atoms with E-state index in [0.717, 1.165) is 25.8 Å². The average Bonchev–Trinajstić information content (AvgIpc) is 2.59. The van der Waals surface area contributed by atoms with Crippen LogP contribution in [0.5, 0.6) is 0 Å². The fourth-order valence-corrected chi connectivity index (χ4v) is 2.89. The average molecular weight is 249 g/mol. The number of rotatable bonds is 6. The maximum Gasteiger partial charge on any atom is 0.153 e. The van der Waals surface area contributed by atoms with Crippen LogP contribution in [0.25, 0.3) is 0 Å². The Hall–Kier alpha value is -0.130. The van der Waals surface area contributed by atoms with E-state index in [1.54, 1.807) is 13.8 Å². The Bertz CT molecular complexity index is 300. The van der Waals surface area contributed by atoms with Crippen LogP contribution >= 0.6 is 0 Å². The van der Waals surface area contributed by atoms with Crippen molar-refractivity contribution >= 4 is 9.84 Å². The molecule has 0 spiro atoms. The number of hydrogen-bond acceptors (Lipinski definition) is 4. The lowest BCUT2D eigenvalue weighted by Crippen LogP contribution is -2.32. The lowest BCUT2D eigenvalue weighted by atomic mass is 10.1. The second-order valence-corrected chi connectivity index (χ2v) is 7.55. The van der Waals surface area contributed by atoms with Crippen molar-refractivity contribution in [3.63, 3.8) is 0 Å². The van der Waals surface area contributed by atoms with Gasteiger partial charge >= 0.3 is 0 Å². The summed E-state index contributed by atoms with van der Waals surface area (Å²) in [6.07, 6.45) is 2.81. The van der Waals surface area contributed by atoms with Crippen molar-refractivity contribution in [1.82, 2.24) is 5.32 Å². The number of aliphatic hydroxyl groups is 1. The van der Waals surface area contributed by atoms with Crippen molar-refractivity contribution in [2.75, 3.05) is 18.8 Å². The van der Waals surface area contributed by atoms with Crippen molar-refractivity contribution in [3.05, 3.63) is 0 Å². The predicted octanol–water partition coefficient (Wildman–Crippen LogP) is 0.560. The van der Waals surface area contributed by atoms with Crippen molar-refractivity contribution in [3.8, 4) is 0 Å². The fourth-order valence-electron chi connectivity index (χ4n) is 1.99. The molecule has 0 radical (unpaired) electrons. The lowest BCUT2D eigenvalue weighted by Gasteiger charge is -2.15. The van der Waals surface area contributed by atoms with Crippen molar-refractivity contribution in [2.24, 2.45) is 5.92 Å². The number of sulfone groups is 1. The minimum atomic E-state index is -2.93.